The molecule has 1 saturated heterocycles. The molecule has 52 heavy (non-hydrogen) atoms. The zero-order valence-corrected chi connectivity index (χ0v) is 32.0. The molecule has 0 spiro atoms. The van der Waals surface area contributed by atoms with E-state index in [1.54, 1.807) is 0 Å². The van der Waals surface area contributed by atoms with Crippen molar-refractivity contribution in [3.05, 3.63) is 0 Å². The molecule has 13 heteroatoms. The molecule has 5 aliphatic rings. The molecule has 1 aliphatic heterocycles. The maximum atomic E-state index is 14.2. The van der Waals surface area contributed by atoms with Gasteiger partial charge >= 0.3 is 29.8 Å². The first kappa shape index (κ1) is 40.1. The van der Waals surface area contributed by atoms with Crippen molar-refractivity contribution in [3.63, 3.8) is 0 Å². The third-order valence-corrected chi connectivity index (χ3v) is 13.5. The zero-order chi connectivity index (χ0) is 38.1. The van der Waals surface area contributed by atoms with Crippen molar-refractivity contribution in [3.8, 4) is 0 Å². The summed E-state index contributed by atoms with van der Waals surface area (Å²) in [6.07, 6.45) is 1.33. The van der Waals surface area contributed by atoms with Crippen LogP contribution < -0.4 is 0 Å². The van der Waals surface area contributed by atoms with Gasteiger partial charge in [0.2, 0.25) is 0 Å². The molecule has 0 aromatic carbocycles. The SMILES string of the molecule is COC(=O)CC[C@@H](C)[C@H]1CC[C@H]2[C@@H]3CC(=O)[C@H]4C[C@H](O[C@@H]5O[C@H](COC(C)=O)[C@@H](OC(C)=O)[C@H](OC(C)=O)[C@H]5OC(C)=O)CC[C@]4(C)[C@H]3CC[C@]12C. The number of carbonyl (C=O) groups excluding carboxylic acids is 6. The molecule has 0 aromatic rings. The third-order valence-electron chi connectivity index (χ3n) is 13.5. The van der Waals surface area contributed by atoms with Crippen LogP contribution >= 0.6 is 0 Å². The summed E-state index contributed by atoms with van der Waals surface area (Å²) >= 11 is 0. The van der Waals surface area contributed by atoms with Gasteiger partial charge in [-0.1, -0.05) is 20.8 Å². The van der Waals surface area contributed by atoms with Gasteiger partial charge in [-0.2, -0.15) is 0 Å². The zero-order valence-electron chi connectivity index (χ0n) is 32.0. The Hall–Kier alpha value is -3.06. The van der Waals surface area contributed by atoms with Gasteiger partial charge < -0.3 is 33.2 Å². The Balaban J connectivity index is 1.33. The van der Waals surface area contributed by atoms with Gasteiger partial charge in [-0.3, -0.25) is 28.8 Å². The smallest absolute Gasteiger partial charge is 0.305 e. The standard InChI is InChI=1S/C39H58O13/c1-20(9-12-33(45)46-8)27-10-11-28-26-18-31(44)30-17-25(13-15-39(30,7)29(26)14-16-38(27,28)6)51-37-36(50-24(5)43)35(49-23(4)42)34(48-22(3)41)32(52-37)19-47-21(2)40/h20,25-30,32,34-37H,9-19H2,1-8H3/t20-,25-,26+,27-,28+,29+,30-,32-,34-,35+,36-,37-,38-,39-/m1/s1. The molecule has 5 rings (SSSR count). The van der Waals surface area contributed by atoms with Crippen LogP contribution in [0, 0.1) is 46.3 Å². The number of ketones is 1. The van der Waals surface area contributed by atoms with E-state index < -0.39 is 60.7 Å². The Bertz CT molecular complexity index is 1380. The van der Waals surface area contributed by atoms with E-state index in [0.29, 0.717) is 55.3 Å². The molecule has 0 amide bonds. The summed E-state index contributed by atoms with van der Waals surface area (Å²) < 4.78 is 39.6. The van der Waals surface area contributed by atoms with Crippen molar-refractivity contribution >= 4 is 35.6 Å². The second-order valence-corrected chi connectivity index (χ2v) is 16.5. The number of rotatable bonds is 11. The van der Waals surface area contributed by atoms with Crippen LogP contribution in [0.4, 0.5) is 0 Å². The van der Waals surface area contributed by atoms with Crippen LogP contribution in [0.25, 0.3) is 0 Å². The van der Waals surface area contributed by atoms with E-state index >= 15 is 0 Å². The van der Waals surface area contributed by atoms with Gasteiger partial charge in [-0.05, 0) is 91.8 Å². The second kappa shape index (κ2) is 16.1. The summed E-state index contributed by atoms with van der Waals surface area (Å²) in [5, 5.41) is 0. The molecule has 5 fully saturated rings. The summed E-state index contributed by atoms with van der Waals surface area (Å²) in [6.45, 7) is 11.4. The predicted octanol–water partition coefficient (Wildman–Crippen LogP) is 4.88. The summed E-state index contributed by atoms with van der Waals surface area (Å²) in [5.74, 6) is -0.744. The van der Waals surface area contributed by atoms with Gasteiger partial charge in [0.15, 0.2) is 24.6 Å². The number of fused-ring (bicyclic) bond motifs is 5. The number of carbonyl (C=O) groups is 6. The minimum absolute atomic E-state index is 0.135. The van der Waals surface area contributed by atoms with Gasteiger partial charge in [0.1, 0.15) is 18.5 Å². The first-order valence-electron chi connectivity index (χ1n) is 19.0. The van der Waals surface area contributed by atoms with Gasteiger partial charge in [0.05, 0.1) is 13.2 Å². The Kier molecular flexibility index (Phi) is 12.4. The molecule has 292 valence electrons. The minimum Gasteiger partial charge on any atom is -0.469 e. The fourth-order valence-electron chi connectivity index (χ4n) is 11.2. The topological polar surface area (TPSA) is 167 Å². The van der Waals surface area contributed by atoms with Crippen molar-refractivity contribution in [1.82, 2.24) is 0 Å². The van der Waals surface area contributed by atoms with E-state index in [0.717, 1.165) is 38.5 Å². The van der Waals surface area contributed by atoms with Crippen LogP contribution in [0.15, 0.2) is 0 Å². The molecular weight excluding hydrogens is 676 g/mol. The molecule has 13 nitrogen and oxygen atoms in total. The molecule has 4 saturated carbocycles. The first-order chi connectivity index (χ1) is 24.5. The normalized spacial score (nSPS) is 40.2. The molecule has 0 bridgehead atoms. The highest BCUT2D eigenvalue weighted by Crippen LogP contribution is 2.68. The van der Waals surface area contributed by atoms with Crippen LogP contribution in [0.5, 0.6) is 0 Å². The molecule has 1 heterocycles. The molecule has 0 radical (unpaired) electrons. The van der Waals surface area contributed by atoms with Crippen LogP contribution in [0.3, 0.4) is 0 Å². The molecule has 14 atom stereocenters. The predicted molar refractivity (Wildman–Crippen MR) is 183 cm³/mol. The lowest BCUT2D eigenvalue weighted by molar-refractivity contribution is -0.320. The van der Waals surface area contributed by atoms with Crippen molar-refractivity contribution in [1.29, 1.82) is 0 Å². The van der Waals surface area contributed by atoms with Crippen molar-refractivity contribution in [2.75, 3.05) is 13.7 Å². The van der Waals surface area contributed by atoms with Crippen LogP contribution in [0.2, 0.25) is 0 Å². The van der Waals surface area contributed by atoms with Crippen LogP contribution in [0.1, 0.15) is 113 Å². The Morgan fingerprint density at radius 1 is 0.808 bits per heavy atom. The number of methoxy groups -OCH3 is 1. The highest BCUT2D eigenvalue weighted by molar-refractivity contribution is 5.83. The van der Waals surface area contributed by atoms with E-state index in [9.17, 15) is 28.8 Å². The molecule has 4 aliphatic carbocycles. The highest BCUT2D eigenvalue weighted by Gasteiger charge is 2.63. The third kappa shape index (κ3) is 8.20. The molecule has 0 N–H and O–H groups in total. The largest absolute Gasteiger partial charge is 0.469 e. The van der Waals surface area contributed by atoms with Crippen molar-refractivity contribution in [2.45, 2.75) is 149 Å². The average molecular weight is 735 g/mol. The number of Topliss-reactive ketones (excluding diaryl/α,β-unsaturated/α-hetero) is 1. The maximum Gasteiger partial charge on any atom is 0.305 e. The quantitative estimate of drug-likeness (QED) is 0.160. The number of esters is 5. The van der Waals surface area contributed by atoms with Gasteiger partial charge in [-0.25, -0.2) is 0 Å². The molecule has 0 unspecified atom stereocenters. The fourth-order valence-corrected chi connectivity index (χ4v) is 11.2. The van der Waals surface area contributed by atoms with Gasteiger partial charge in [0.25, 0.3) is 0 Å². The number of ether oxygens (including phenoxy) is 7. The van der Waals surface area contributed by atoms with E-state index in [1.807, 2.05) is 0 Å². The Labute approximate surface area is 306 Å². The van der Waals surface area contributed by atoms with E-state index in [4.69, 9.17) is 33.2 Å². The monoisotopic (exact) mass is 734 g/mol. The van der Waals surface area contributed by atoms with E-state index in [2.05, 4.69) is 20.8 Å². The Morgan fingerprint density at radius 2 is 1.42 bits per heavy atom. The minimum atomic E-state index is -1.31. The van der Waals surface area contributed by atoms with Crippen LogP contribution in [-0.4, -0.2) is 86.2 Å². The lowest BCUT2D eigenvalue weighted by atomic mass is 9.44. The van der Waals surface area contributed by atoms with Gasteiger partial charge in [-0.15, -0.1) is 0 Å². The van der Waals surface area contributed by atoms with Crippen molar-refractivity contribution in [2.24, 2.45) is 46.3 Å². The van der Waals surface area contributed by atoms with E-state index in [1.165, 1.54) is 34.8 Å². The summed E-state index contributed by atoms with van der Waals surface area (Å²) in [4.78, 5) is 74.6. The molecule has 0 aromatic heterocycles. The summed E-state index contributed by atoms with van der Waals surface area (Å²) in [5.41, 5.74) is -0.0628. The lowest BCUT2D eigenvalue weighted by Crippen LogP contribution is -2.63. The van der Waals surface area contributed by atoms with Gasteiger partial charge in [0, 0.05) is 46.5 Å². The lowest BCUT2D eigenvalue weighted by Gasteiger charge is -2.60. The Morgan fingerprint density at radius 3 is 2.06 bits per heavy atom. The fraction of sp³-hybridized carbons (Fsp3) is 0.846. The number of hydrogen-bond acceptors (Lipinski definition) is 13. The highest BCUT2D eigenvalue weighted by atomic mass is 16.7. The van der Waals surface area contributed by atoms with Crippen LogP contribution in [-0.2, 0) is 61.9 Å². The summed E-state index contributed by atoms with van der Waals surface area (Å²) in [7, 11) is 1.44. The average Bonchev–Trinajstić information content (AvgIpc) is 3.42. The first-order valence-corrected chi connectivity index (χ1v) is 19.0. The van der Waals surface area contributed by atoms with E-state index in [-0.39, 0.29) is 35.1 Å². The second-order valence-electron chi connectivity index (χ2n) is 16.5. The summed E-state index contributed by atoms with van der Waals surface area (Å²) in [6, 6.07) is 0. The number of hydrogen-bond donors (Lipinski definition) is 0. The maximum absolute atomic E-state index is 14.2. The van der Waals surface area contributed by atoms with Crippen molar-refractivity contribution < 1.29 is 61.9 Å². The molecular formula is C39H58O13.